The van der Waals surface area contributed by atoms with Gasteiger partial charge in [0.15, 0.2) is 17.4 Å². The molecule has 0 unspecified atom stereocenters. The number of aromatic nitrogens is 1. The zero-order chi connectivity index (χ0) is 16.3. The molecule has 0 saturated heterocycles. The van der Waals surface area contributed by atoms with E-state index in [1.807, 2.05) is 4.72 Å². The molecule has 0 aliphatic rings. The zero-order valence-electron chi connectivity index (χ0n) is 11.5. The number of anilines is 1. The molecular formula is C14H12ClFN2O3S. The van der Waals surface area contributed by atoms with Crippen LogP contribution in [0.25, 0.3) is 0 Å². The van der Waals surface area contributed by atoms with E-state index in [9.17, 15) is 17.6 Å². The van der Waals surface area contributed by atoms with Crippen LogP contribution < -0.4 is 4.72 Å². The lowest BCUT2D eigenvalue weighted by Crippen LogP contribution is -2.16. The van der Waals surface area contributed by atoms with Crippen molar-refractivity contribution in [3.8, 4) is 0 Å². The molecule has 8 heteroatoms. The minimum Gasteiger partial charge on any atom is -0.294 e. The fourth-order valence-electron chi connectivity index (χ4n) is 1.73. The second-order valence-electron chi connectivity index (χ2n) is 4.36. The predicted octanol–water partition coefficient (Wildman–Crippen LogP) is 3.27. The highest BCUT2D eigenvalue weighted by molar-refractivity contribution is 7.92. The standard InChI is InChI=1S/C14H12ClFN2O3S/c1-2-12(19)9-5-6-10(15)13(8-9)22(20,21)18-14-11(16)4-3-7-17-14/h3-8H,2H2,1H3,(H,17,18). The minimum absolute atomic E-state index is 0.0727. The summed E-state index contributed by atoms with van der Waals surface area (Å²) in [5.74, 6) is -1.48. The zero-order valence-corrected chi connectivity index (χ0v) is 13.1. The van der Waals surface area contributed by atoms with E-state index < -0.39 is 21.7 Å². The van der Waals surface area contributed by atoms with Gasteiger partial charge in [0.05, 0.1) is 5.02 Å². The molecule has 1 aromatic heterocycles. The van der Waals surface area contributed by atoms with Gasteiger partial charge in [-0.05, 0) is 30.3 Å². The van der Waals surface area contributed by atoms with E-state index in [2.05, 4.69) is 4.98 Å². The molecule has 1 aromatic carbocycles. The molecule has 0 aliphatic carbocycles. The second-order valence-corrected chi connectivity index (χ2v) is 6.42. The van der Waals surface area contributed by atoms with Gasteiger partial charge in [-0.15, -0.1) is 0 Å². The number of pyridine rings is 1. The van der Waals surface area contributed by atoms with E-state index in [1.54, 1.807) is 6.92 Å². The molecule has 22 heavy (non-hydrogen) atoms. The molecule has 0 saturated carbocycles. The summed E-state index contributed by atoms with van der Waals surface area (Å²) in [4.78, 5) is 15.0. The normalized spacial score (nSPS) is 11.2. The van der Waals surface area contributed by atoms with Gasteiger partial charge in [0.2, 0.25) is 0 Å². The molecule has 0 bridgehead atoms. The second kappa shape index (κ2) is 6.41. The lowest BCUT2D eigenvalue weighted by atomic mass is 10.1. The van der Waals surface area contributed by atoms with Gasteiger partial charge in [-0.3, -0.25) is 9.52 Å². The Kier molecular flexibility index (Phi) is 4.77. The Hall–Kier alpha value is -1.99. The summed E-state index contributed by atoms with van der Waals surface area (Å²) >= 11 is 5.89. The summed E-state index contributed by atoms with van der Waals surface area (Å²) in [6.45, 7) is 1.66. The molecular weight excluding hydrogens is 331 g/mol. The average Bonchev–Trinajstić information content (AvgIpc) is 2.49. The minimum atomic E-state index is -4.17. The van der Waals surface area contributed by atoms with Gasteiger partial charge >= 0.3 is 0 Å². The van der Waals surface area contributed by atoms with E-state index in [1.165, 1.54) is 24.4 Å². The van der Waals surface area contributed by atoms with Crippen LogP contribution in [0.15, 0.2) is 41.4 Å². The van der Waals surface area contributed by atoms with Crippen LogP contribution in [0.5, 0.6) is 0 Å². The number of hydrogen-bond acceptors (Lipinski definition) is 4. The lowest BCUT2D eigenvalue weighted by Gasteiger charge is -2.10. The highest BCUT2D eigenvalue weighted by Crippen LogP contribution is 2.25. The Bertz CT molecular complexity index is 825. The quantitative estimate of drug-likeness (QED) is 0.846. The Balaban J connectivity index is 2.45. The number of nitrogens with one attached hydrogen (secondary N) is 1. The molecule has 1 N–H and O–H groups in total. The highest BCUT2D eigenvalue weighted by Gasteiger charge is 2.21. The molecule has 0 aliphatic heterocycles. The first kappa shape index (κ1) is 16.4. The number of halogens is 2. The van der Waals surface area contributed by atoms with Crippen LogP contribution in [0.3, 0.4) is 0 Å². The summed E-state index contributed by atoms with van der Waals surface area (Å²) < 4.78 is 40.2. The molecule has 116 valence electrons. The monoisotopic (exact) mass is 342 g/mol. The van der Waals surface area contributed by atoms with Gasteiger partial charge in [-0.25, -0.2) is 17.8 Å². The van der Waals surface area contributed by atoms with Gasteiger partial charge in [0.25, 0.3) is 10.0 Å². The van der Waals surface area contributed by atoms with E-state index in [4.69, 9.17) is 11.6 Å². The van der Waals surface area contributed by atoms with Crippen LogP contribution >= 0.6 is 11.6 Å². The van der Waals surface area contributed by atoms with Crippen LogP contribution in [-0.4, -0.2) is 19.2 Å². The molecule has 5 nitrogen and oxygen atoms in total. The maximum Gasteiger partial charge on any atom is 0.264 e. The Morgan fingerprint density at radius 1 is 1.36 bits per heavy atom. The Labute approximate surface area is 132 Å². The highest BCUT2D eigenvalue weighted by atomic mass is 35.5. The Morgan fingerprint density at radius 2 is 2.09 bits per heavy atom. The number of carbonyl (C=O) groups excluding carboxylic acids is 1. The number of ketones is 1. The van der Waals surface area contributed by atoms with Crippen molar-refractivity contribution in [2.45, 2.75) is 18.2 Å². The summed E-state index contributed by atoms with van der Waals surface area (Å²) in [6.07, 6.45) is 1.48. The van der Waals surface area contributed by atoms with Gasteiger partial charge in [-0.2, -0.15) is 0 Å². The SMILES string of the molecule is CCC(=O)c1ccc(Cl)c(S(=O)(=O)Nc2ncccc2F)c1. The summed E-state index contributed by atoms with van der Waals surface area (Å²) in [5, 5.41) is -0.0727. The molecule has 0 radical (unpaired) electrons. The van der Waals surface area contributed by atoms with Crippen LogP contribution in [-0.2, 0) is 10.0 Å². The topological polar surface area (TPSA) is 76.1 Å². The van der Waals surface area contributed by atoms with Crippen molar-refractivity contribution in [3.05, 3.63) is 52.9 Å². The number of rotatable bonds is 5. The Morgan fingerprint density at radius 3 is 2.73 bits per heavy atom. The number of carbonyl (C=O) groups is 1. The molecule has 2 aromatic rings. The van der Waals surface area contributed by atoms with E-state index in [-0.39, 0.29) is 27.7 Å². The summed E-state index contributed by atoms with van der Waals surface area (Å²) in [6, 6.07) is 6.32. The molecule has 0 atom stereocenters. The summed E-state index contributed by atoms with van der Waals surface area (Å²) in [7, 11) is -4.17. The van der Waals surface area contributed by atoms with Gasteiger partial charge < -0.3 is 0 Å². The summed E-state index contributed by atoms with van der Waals surface area (Å²) in [5.41, 5.74) is 0.216. The van der Waals surface area contributed by atoms with Gasteiger partial charge in [-0.1, -0.05) is 18.5 Å². The number of nitrogens with zero attached hydrogens (tertiary/aromatic N) is 1. The number of benzene rings is 1. The van der Waals surface area contributed by atoms with Crippen molar-refractivity contribution in [3.63, 3.8) is 0 Å². The first-order valence-corrected chi connectivity index (χ1v) is 8.17. The van der Waals surface area contributed by atoms with Crippen LogP contribution in [0.1, 0.15) is 23.7 Å². The predicted molar refractivity (Wildman–Crippen MR) is 81.1 cm³/mol. The molecule has 2 rings (SSSR count). The smallest absolute Gasteiger partial charge is 0.264 e. The van der Waals surface area contributed by atoms with E-state index in [0.29, 0.717) is 0 Å². The van der Waals surface area contributed by atoms with Crippen molar-refractivity contribution in [2.75, 3.05) is 4.72 Å². The first-order valence-electron chi connectivity index (χ1n) is 6.31. The maximum atomic E-state index is 13.5. The molecule has 0 amide bonds. The molecule has 0 fully saturated rings. The molecule has 1 heterocycles. The number of sulfonamides is 1. The van der Waals surface area contributed by atoms with E-state index >= 15 is 0 Å². The largest absolute Gasteiger partial charge is 0.294 e. The van der Waals surface area contributed by atoms with Crippen molar-refractivity contribution >= 4 is 33.2 Å². The maximum absolute atomic E-state index is 13.5. The van der Waals surface area contributed by atoms with Crippen molar-refractivity contribution < 1.29 is 17.6 Å². The average molecular weight is 343 g/mol. The fraction of sp³-hybridized carbons (Fsp3) is 0.143. The van der Waals surface area contributed by atoms with E-state index in [0.717, 1.165) is 12.1 Å². The first-order chi connectivity index (χ1) is 10.3. The van der Waals surface area contributed by atoms with Crippen LogP contribution in [0, 0.1) is 5.82 Å². The third-order valence-corrected chi connectivity index (χ3v) is 4.67. The fourth-order valence-corrected chi connectivity index (χ4v) is 3.27. The van der Waals surface area contributed by atoms with Gasteiger partial charge in [0.1, 0.15) is 4.90 Å². The van der Waals surface area contributed by atoms with Crippen molar-refractivity contribution in [1.82, 2.24) is 4.98 Å². The van der Waals surface area contributed by atoms with Gasteiger partial charge in [0, 0.05) is 18.2 Å². The van der Waals surface area contributed by atoms with Crippen LogP contribution in [0.2, 0.25) is 5.02 Å². The van der Waals surface area contributed by atoms with Crippen molar-refractivity contribution in [2.24, 2.45) is 0 Å². The third kappa shape index (κ3) is 3.42. The lowest BCUT2D eigenvalue weighted by molar-refractivity contribution is 0.0988. The number of hydrogen-bond donors (Lipinski definition) is 1. The number of Topliss-reactive ketones (excluding diaryl/α,β-unsaturated/α-hetero) is 1. The third-order valence-electron chi connectivity index (χ3n) is 2.85. The van der Waals surface area contributed by atoms with Crippen molar-refractivity contribution in [1.29, 1.82) is 0 Å². The van der Waals surface area contributed by atoms with Crippen LogP contribution in [0.4, 0.5) is 10.2 Å². The molecule has 0 spiro atoms.